The van der Waals surface area contributed by atoms with Crippen LogP contribution in [-0.4, -0.2) is 38.7 Å². The van der Waals surface area contributed by atoms with Gasteiger partial charge in [-0.25, -0.2) is 13.9 Å². The number of amides is 1. The smallest absolute Gasteiger partial charge is 0.381 e. The highest BCUT2D eigenvalue weighted by Gasteiger charge is 2.41. The fraction of sp³-hybridized carbons (Fsp3) is 0.429. The quantitative estimate of drug-likeness (QED) is 0.610. The molecule has 0 aromatic carbocycles. The topological polar surface area (TPSA) is 81.4 Å². The van der Waals surface area contributed by atoms with E-state index in [1.807, 2.05) is 13.8 Å². The molecule has 1 saturated heterocycles. The Kier molecular flexibility index (Phi) is 5.61. The lowest BCUT2D eigenvalue weighted by atomic mass is 9.85. The van der Waals surface area contributed by atoms with E-state index in [0.717, 1.165) is 5.56 Å². The minimum absolute atomic E-state index is 0.151. The van der Waals surface area contributed by atoms with Crippen LogP contribution >= 0.6 is 0 Å². The Hall–Kier alpha value is -3.08. The van der Waals surface area contributed by atoms with Crippen molar-refractivity contribution in [1.29, 1.82) is 0 Å². The van der Waals surface area contributed by atoms with Gasteiger partial charge in [-0.3, -0.25) is 9.78 Å². The fourth-order valence-electron chi connectivity index (χ4n) is 3.72. The van der Waals surface area contributed by atoms with Crippen LogP contribution in [0.25, 0.3) is 5.65 Å². The summed E-state index contributed by atoms with van der Waals surface area (Å²) in [5, 5.41) is 6.97. The molecule has 11 heteroatoms. The predicted molar refractivity (Wildman–Crippen MR) is 105 cm³/mol. The Bertz CT molecular complexity index is 1150. The van der Waals surface area contributed by atoms with Crippen LogP contribution in [0.5, 0.6) is 0 Å². The second-order valence-electron chi connectivity index (χ2n) is 8.07. The van der Waals surface area contributed by atoms with Gasteiger partial charge in [0.2, 0.25) is 0 Å². The molecule has 3 aromatic heterocycles. The summed E-state index contributed by atoms with van der Waals surface area (Å²) in [7, 11) is 0. The highest BCUT2D eigenvalue weighted by molar-refractivity contribution is 6.00. The van der Waals surface area contributed by atoms with E-state index in [4.69, 9.17) is 4.74 Å². The molecule has 1 fully saturated rings. The van der Waals surface area contributed by atoms with Gasteiger partial charge in [0, 0.05) is 31.8 Å². The first-order valence-corrected chi connectivity index (χ1v) is 10.1. The van der Waals surface area contributed by atoms with E-state index >= 15 is 0 Å². The summed E-state index contributed by atoms with van der Waals surface area (Å²) in [5.74, 6) is -1.50. The fourth-order valence-corrected chi connectivity index (χ4v) is 3.72. The summed E-state index contributed by atoms with van der Waals surface area (Å²) in [4.78, 5) is 21.2. The number of carbonyl (C=O) groups is 1. The van der Waals surface area contributed by atoms with Crippen molar-refractivity contribution >= 4 is 11.6 Å². The van der Waals surface area contributed by atoms with Crippen molar-refractivity contribution in [3.05, 3.63) is 59.1 Å². The molecule has 170 valence electrons. The van der Waals surface area contributed by atoms with Gasteiger partial charge in [0.05, 0.1) is 17.3 Å². The summed E-state index contributed by atoms with van der Waals surface area (Å²) in [6, 6.07) is 0.399. The molecule has 1 amide bonds. The normalized spacial score (nSPS) is 16.5. The van der Waals surface area contributed by atoms with Crippen LogP contribution < -0.4 is 5.32 Å². The number of aromatic nitrogens is 4. The van der Waals surface area contributed by atoms with Gasteiger partial charge >= 0.3 is 6.18 Å². The zero-order valence-electron chi connectivity index (χ0n) is 17.4. The number of pyridine rings is 1. The number of fused-ring (bicyclic) bond motifs is 1. The lowest BCUT2D eigenvalue weighted by molar-refractivity contribution is -0.138. The summed E-state index contributed by atoms with van der Waals surface area (Å²) in [6.45, 7) is 4.38. The van der Waals surface area contributed by atoms with Gasteiger partial charge in [0.15, 0.2) is 5.65 Å². The highest BCUT2D eigenvalue weighted by Crippen LogP contribution is 2.36. The monoisotopic (exact) mass is 451 g/mol. The molecular weight excluding hydrogens is 430 g/mol. The highest BCUT2D eigenvalue weighted by atomic mass is 19.4. The van der Waals surface area contributed by atoms with Gasteiger partial charge < -0.3 is 10.1 Å². The molecule has 32 heavy (non-hydrogen) atoms. The molecule has 1 N–H and O–H groups in total. The number of ether oxygens (including phenoxy) is 1. The van der Waals surface area contributed by atoms with E-state index in [0.29, 0.717) is 17.9 Å². The van der Waals surface area contributed by atoms with Crippen LogP contribution in [0.4, 0.5) is 17.6 Å². The molecule has 0 radical (unpaired) electrons. The van der Waals surface area contributed by atoms with Gasteiger partial charge in [-0.1, -0.05) is 13.8 Å². The average Bonchev–Trinajstić information content (AvgIpc) is 3.17. The van der Waals surface area contributed by atoms with Crippen molar-refractivity contribution in [2.75, 3.05) is 13.2 Å². The first-order valence-electron chi connectivity index (χ1n) is 10.1. The molecule has 0 bridgehead atoms. The summed E-state index contributed by atoms with van der Waals surface area (Å²) < 4.78 is 60.4. The Morgan fingerprint density at radius 2 is 1.91 bits per heavy atom. The molecule has 7 nitrogen and oxygen atoms in total. The zero-order valence-corrected chi connectivity index (χ0v) is 17.4. The van der Waals surface area contributed by atoms with Crippen molar-refractivity contribution in [3.63, 3.8) is 0 Å². The number of nitrogens with one attached hydrogen (secondary N) is 1. The van der Waals surface area contributed by atoms with E-state index < -0.39 is 29.0 Å². The van der Waals surface area contributed by atoms with Crippen molar-refractivity contribution in [3.8, 4) is 0 Å². The molecular formula is C21H21F4N5O2. The summed E-state index contributed by atoms with van der Waals surface area (Å²) in [5.41, 5.74) is -1.36. The molecule has 4 heterocycles. The van der Waals surface area contributed by atoms with Crippen LogP contribution in [0, 0.1) is 5.82 Å². The van der Waals surface area contributed by atoms with E-state index in [-0.39, 0.29) is 43.2 Å². The standard InChI is InChI=1S/C21H21F4N5O2/c1-12(2)13-8-27-18-15(10-28-30(18)11-13)19(31)29-20(3-5-32-6-4-20)17-16(22)7-14(9-26-17)21(23,24)25/h7-12H,3-6H2,1-2H3,(H,29,31). The molecule has 1 aliphatic rings. The molecule has 3 aromatic rings. The molecule has 0 spiro atoms. The third-order valence-electron chi connectivity index (χ3n) is 5.61. The van der Waals surface area contributed by atoms with Crippen LogP contribution in [0.2, 0.25) is 0 Å². The number of halogens is 4. The second-order valence-corrected chi connectivity index (χ2v) is 8.07. The van der Waals surface area contributed by atoms with Crippen molar-refractivity contribution in [1.82, 2.24) is 24.9 Å². The van der Waals surface area contributed by atoms with Crippen molar-refractivity contribution < 1.29 is 27.1 Å². The zero-order chi connectivity index (χ0) is 23.1. The Morgan fingerprint density at radius 1 is 1.19 bits per heavy atom. The predicted octanol–water partition coefficient (Wildman–Crippen LogP) is 3.84. The van der Waals surface area contributed by atoms with Crippen molar-refractivity contribution in [2.24, 2.45) is 0 Å². The number of carbonyl (C=O) groups excluding carboxylic acids is 1. The van der Waals surface area contributed by atoms with Gasteiger partial charge in [-0.05, 0) is 30.4 Å². The Morgan fingerprint density at radius 3 is 2.53 bits per heavy atom. The van der Waals surface area contributed by atoms with E-state index in [1.54, 1.807) is 12.4 Å². The summed E-state index contributed by atoms with van der Waals surface area (Å²) >= 11 is 0. The molecule has 0 unspecified atom stereocenters. The maximum absolute atomic E-state index is 14.8. The first-order chi connectivity index (χ1) is 15.1. The van der Waals surface area contributed by atoms with E-state index in [2.05, 4.69) is 20.4 Å². The molecule has 0 aliphatic carbocycles. The lowest BCUT2D eigenvalue weighted by Gasteiger charge is -2.37. The van der Waals surface area contributed by atoms with Crippen molar-refractivity contribution in [2.45, 2.75) is 44.3 Å². The molecule has 0 atom stereocenters. The molecule has 4 rings (SSSR count). The average molecular weight is 451 g/mol. The Labute approximate surface area is 180 Å². The van der Waals surface area contributed by atoms with Crippen LogP contribution in [0.15, 0.2) is 30.9 Å². The van der Waals surface area contributed by atoms with Crippen LogP contribution in [-0.2, 0) is 16.5 Å². The minimum atomic E-state index is -4.73. The van der Waals surface area contributed by atoms with Gasteiger partial charge in [0.1, 0.15) is 17.1 Å². The summed E-state index contributed by atoms with van der Waals surface area (Å²) in [6.07, 6.45) is 0.925. The number of rotatable bonds is 4. The molecule has 0 saturated carbocycles. The maximum Gasteiger partial charge on any atom is 0.417 e. The van der Waals surface area contributed by atoms with Gasteiger partial charge in [-0.2, -0.15) is 18.3 Å². The van der Waals surface area contributed by atoms with Crippen LogP contribution in [0.3, 0.4) is 0 Å². The second kappa shape index (κ2) is 8.12. The number of alkyl halides is 3. The van der Waals surface area contributed by atoms with Gasteiger partial charge in [0.25, 0.3) is 5.91 Å². The maximum atomic E-state index is 14.8. The SMILES string of the molecule is CC(C)c1cnc2c(C(=O)NC3(c4ncc(C(F)(F)F)cc4F)CCOCC3)cnn2c1. The largest absolute Gasteiger partial charge is 0.417 e. The van der Waals surface area contributed by atoms with Crippen LogP contribution in [0.1, 0.15) is 59.8 Å². The number of nitrogens with zero attached hydrogens (tertiary/aromatic N) is 4. The molecule has 1 aliphatic heterocycles. The first kappa shape index (κ1) is 22.1. The number of hydrogen-bond acceptors (Lipinski definition) is 5. The van der Waals surface area contributed by atoms with Gasteiger partial charge in [-0.15, -0.1) is 0 Å². The lowest BCUT2D eigenvalue weighted by Crippen LogP contribution is -2.50. The van der Waals surface area contributed by atoms with E-state index in [1.165, 1.54) is 10.7 Å². The van der Waals surface area contributed by atoms with E-state index in [9.17, 15) is 22.4 Å². The Balaban J connectivity index is 1.69. The number of hydrogen-bond donors (Lipinski definition) is 1. The third kappa shape index (κ3) is 4.04. The third-order valence-corrected chi connectivity index (χ3v) is 5.61. The minimum Gasteiger partial charge on any atom is -0.381 e.